The van der Waals surface area contributed by atoms with Gasteiger partial charge in [0.15, 0.2) is 0 Å². The topological polar surface area (TPSA) is 15.3 Å². The van der Waals surface area contributed by atoms with Crippen LogP contribution in [-0.2, 0) is 0 Å². The molecule has 0 saturated heterocycles. The highest BCUT2D eigenvalue weighted by molar-refractivity contribution is 5.55. The van der Waals surface area contributed by atoms with Gasteiger partial charge in [0.25, 0.3) is 0 Å². The first-order chi connectivity index (χ1) is 10.2. The zero-order chi connectivity index (χ0) is 15.1. The van der Waals surface area contributed by atoms with Crippen molar-refractivity contribution in [3.63, 3.8) is 0 Å². The van der Waals surface area contributed by atoms with Crippen LogP contribution in [0.3, 0.4) is 0 Å². The number of hydrogen-bond donors (Lipinski definition) is 1. The number of nitrogens with zero attached hydrogens (tertiary/aromatic N) is 1. The van der Waals surface area contributed by atoms with Gasteiger partial charge in [-0.15, -0.1) is 0 Å². The molecule has 0 heterocycles. The van der Waals surface area contributed by atoms with E-state index in [4.69, 9.17) is 0 Å². The van der Waals surface area contributed by atoms with Crippen molar-refractivity contribution in [2.45, 2.75) is 26.7 Å². The lowest BCUT2D eigenvalue weighted by atomic mass is 10.0. The lowest BCUT2D eigenvalue weighted by Crippen LogP contribution is -2.21. The van der Waals surface area contributed by atoms with E-state index in [0.717, 1.165) is 19.6 Å². The summed E-state index contributed by atoms with van der Waals surface area (Å²) < 4.78 is 0. The second-order valence-electron chi connectivity index (χ2n) is 5.41. The van der Waals surface area contributed by atoms with Crippen molar-refractivity contribution in [3.8, 4) is 0 Å². The Kier molecular flexibility index (Phi) is 5.68. The number of anilines is 2. The zero-order valence-corrected chi connectivity index (χ0v) is 13.3. The van der Waals surface area contributed by atoms with Crippen LogP contribution in [0, 0.1) is 0 Å². The zero-order valence-electron chi connectivity index (χ0n) is 13.3. The predicted molar refractivity (Wildman–Crippen MR) is 93.3 cm³/mol. The summed E-state index contributed by atoms with van der Waals surface area (Å²) in [5.41, 5.74) is 3.86. The number of hydrogen-bond acceptors (Lipinski definition) is 2. The van der Waals surface area contributed by atoms with Gasteiger partial charge in [-0.05, 0) is 49.6 Å². The third-order valence-electron chi connectivity index (χ3n) is 3.98. The molecular formula is C19H26N2. The molecule has 0 fully saturated rings. The summed E-state index contributed by atoms with van der Waals surface area (Å²) in [7, 11) is 0. The van der Waals surface area contributed by atoms with Gasteiger partial charge in [-0.1, -0.05) is 37.3 Å². The van der Waals surface area contributed by atoms with E-state index < -0.39 is 0 Å². The maximum absolute atomic E-state index is 3.53. The van der Waals surface area contributed by atoms with Gasteiger partial charge >= 0.3 is 0 Å². The van der Waals surface area contributed by atoms with E-state index in [1.807, 2.05) is 0 Å². The van der Waals surface area contributed by atoms with E-state index in [2.05, 4.69) is 85.6 Å². The van der Waals surface area contributed by atoms with Gasteiger partial charge in [-0.25, -0.2) is 0 Å². The second-order valence-corrected chi connectivity index (χ2v) is 5.41. The summed E-state index contributed by atoms with van der Waals surface area (Å²) in [6.07, 6.45) is 0. The molecule has 0 amide bonds. The highest BCUT2D eigenvalue weighted by atomic mass is 15.1. The Morgan fingerprint density at radius 1 is 0.905 bits per heavy atom. The molecule has 112 valence electrons. The van der Waals surface area contributed by atoms with Gasteiger partial charge in [0, 0.05) is 31.0 Å². The van der Waals surface area contributed by atoms with Gasteiger partial charge in [0.1, 0.15) is 0 Å². The Hall–Kier alpha value is -1.96. The third kappa shape index (κ3) is 4.25. The molecule has 2 aromatic rings. The van der Waals surface area contributed by atoms with Crippen molar-refractivity contribution in [2.24, 2.45) is 0 Å². The smallest absolute Gasteiger partial charge is 0.0367 e. The highest BCUT2D eigenvalue weighted by Gasteiger charge is 2.05. The summed E-state index contributed by atoms with van der Waals surface area (Å²) in [6, 6.07) is 19.4. The predicted octanol–water partition coefficient (Wildman–Crippen LogP) is 4.75. The van der Waals surface area contributed by atoms with E-state index >= 15 is 0 Å². The molecule has 1 N–H and O–H groups in total. The van der Waals surface area contributed by atoms with E-state index in [9.17, 15) is 0 Å². The van der Waals surface area contributed by atoms with Crippen molar-refractivity contribution in [2.75, 3.05) is 29.9 Å². The molecule has 0 spiro atoms. The lowest BCUT2D eigenvalue weighted by molar-refractivity contribution is 0.805. The van der Waals surface area contributed by atoms with Crippen LogP contribution in [0.15, 0.2) is 54.6 Å². The van der Waals surface area contributed by atoms with E-state index in [-0.39, 0.29) is 0 Å². The maximum atomic E-state index is 3.53. The minimum absolute atomic E-state index is 0.508. The molecule has 0 aliphatic carbocycles. The minimum Gasteiger partial charge on any atom is -0.384 e. The largest absolute Gasteiger partial charge is 0.384 e. The molecule has 2 heteroatoms. The maximum Gasteiger partial charge on any atom is 0.0367 e. The van der Waals surface area contributed by atoms with Gasteiger partial charge < -0.3 is 10.2 Å². The summed E-state index contributed by atoms with van der Waals surface area (Å²) >= 11 is 0. The SMILES string of the molecule is CCN(CC)c1ccc(NCC(C)c2ccccc2)cc1. The van der Waals surface area contributed by atoms with Gasteiger partial charge in [-0.2, -0.15) is 0 Å². The molecule has 2 aromatic carbocycles. The molecule has 21 heavy (non-hydrogen) atoms. The molecular weight excluding hydrogens is 256 g/mol. The number of nitrogens with one attached hydrogen (secondary N) is 1. The number of benzene rings is 2. The second kappa shape index (κ2) is 7.72. The molecule has 1 atom stereocenters. The Balaban J connectivity index is 1.92. The monoisotopic (exact) mass is 282 g/mol. The third-order valence-corrected chi connectivity index (χ3v) is 3.98. The van der Waals surface area contributed by atoms with Crippen LogP contribution < -0.4 is 10.2 Å². The van der Waals surface area contributed by atoms with Crippen molar-refractivity contribution in [1.82, 2.24) is 0 Å². The summed E-state index contributed by atoms with van der Waals surface area (Å²) in [5.74, 6) is 0.508. The molecule has 0 bridgehead atoms. The van der Waals surface area contributed by atoms with E-state index in [0.29, 0.717) is 5.92 Å². The molecule has 0 aliphatic rings. The van der Waals surface area contributed by atoms with Gasteiger partial charge in [0.2, 0.25) is 0 Å². The summed E-state index contributed by atoms with van der Waals surface area (Å²) in [4.78, 5) is 2.36. The molecule has 2 rings (SSSR count). The molecule has 2 nitrogen and oxygen atoms in total. The fourth-order valence-electron chi connectivity index (χ4n) is 2.55. The standard InChI is InChI=1S/C19H26N2/c1-4-21(5-2)19-13-11-18(12-14-19)20-15-16(3)17-9-7-6-8-10-17/h6-14,16,20H,4-5,15H2,1-3H3. The highest BCUT2D eigenvalue weighted by Crippen LogP contribution is 2.19. The minimum atomic E-state index is 0.508. The molecule has 0 aliphatic heterocycles. The Morgan fingerprint density at radius 3 is 2.10 bits per heavy atom. The lowest BCUT2D eigenvalue weighted by Gasteiger charge is -2.21. The molecule has 0 radical (unpaired) electrons. The van der Waals surface area contributed by atoms with Crippen LogP contribution in [0.1, 0.15) is 32.3 Å². The van der Waals surface area contributed by atoms with Gasteiger partial charge in [-0.3, -0.25) is 0 Å². The van der Waals surface area contributed by atoms with E-state index in [1.165, 1.54) is 16.9 Å². The molecule has 0 aromatic heterocycles. The summed E-state index contributed by atoms with van der Waals surface area (Å²) in [5, 5.41) is 3.53. The van der Waals surface area contributed by atoms with Gasteiger partial charge in [0.05, 0.1) is 0 Å². The first kappa shape index (κ1) is 15.4. The number of rotatable bonds is 7. The Labute approximate surface area is 128 Å². The normalized spacial score (nSPS) is 12.0. The van der Waals surface area contributed by atoms with Crippen LogP contribution in [0.2, 0.25) is 0 Å². The fourth-order valence-corrected chi connectivity index (χ4v) is 2.55. The van der Waals surface area contributed by atoms with Crippen LogP contribution in [-0.4, -0.2) is 19.6 Å². The molecule has 0 saturated carbocycles. The quantitative estimate of drug-likeness (QED) is 0.788. The Morgan fingerprint density at radius 2 is 1.52 bits per heavy atom. The van der Waals surface area contributed by atoms with Crippen molar-refractivity contribution < 1.29 is 0 Å². The summed E-state index contributed by atoms with van der Waals surface area (Å²) in [6.45, 7) is 9.69. The van der Waals surface area contributed by atoms with Crippen molar-refractivity contribution >= 4 is 11.4 Å². The first-order valence-electron chi connectivity index (χ1n) is 7.88. The fraction of sp³-hybridized carbons (Fsp3) is 0.368. The first-order valence-corrected chi connectivity index (χ1v) is 7.88. The molecule has 1 unspecified atom stereocenters. The van der Waals surface area contributed by atoms with Crippen molar-refractivity contribution in [1.29, 1.82) is 0 Å². The Bertz CT molecular complexity index is 515. The van der Waals surface area contributed by atoms with Crippen LogP contribution in [0.4, 0.5) is 11.4 Å². The van der Waals surface area contributed by atoms with E-state index in [1.54, 1.807) is 0 Å². The average molecular weight is 282 g/mol. The van der Waals surface area contributed by atoms with Crippen LogP contribution in [0.5, 0.6) is 0 Å². The van der Waals surface area contributed by atoms with Crippen LogP contribution in [0.25, 0.3) is 0 Å². The van der Waals surface area contributed by atoms with Crippen molar-refractivity contribution in [3.05, 3.63) is 60.2 Å². The van der Waals surface area contributed by atoms with Crippen LogP contribution >= 0.6 is 0 Å². The average Bonchev–Trinajstić information content (AvgIpc) is 2.55.